The second kappa shape index (κ2) is 25.6. The van der Waals surface area contributed by atoms with Crippen LogP contribution in [0.15, 0.2) is 158 Å². The molecule has 2 heterocycles. The molecule has 0 aliphatic rings. The number of ether oxygens (including phenoxy) is 2. The first-order valence-electron chi connectivity index (χ1n) is 19.8. The first kappa shape index (κ1) is 44.0. The van der Waals surface area contributed by atoms with Gasteiger partial charge in [0.1, 0.15) is 30.8 Å². The molecule has 2 atom stereocenters. The van der Waals surface area contributed by atoms with Gasteiger partial charge in [-0.05, 0) is 94.0 Å². The quantitative estimate of drug-likeness (QED) is 0.104. The Morgan fingerprint density at radius 1 is 0.582 bits per heavy atom. The van der Waals surface area contributed by atoms with Gasteiger partial charge in [0.25, 0.3) is 0 Å². The van der Waals surface area contributed by atoms with Gasteiger partial charge in [-0.15, -0.1) is 0 Å². The summed E-state index contributed by atoms with van der Waals surface area (Å²) in [6, 6.07) is 41.6. The van der Waals surface area contributed by atoms with Gasteiger partial charge < -0.3 is 9.47 Å². The monoisotopic (exact) mass is 741 g/mol. The normalized spacial score (nSPS) is 11.4. The lowest BCUT2D eigenvalue weighted by molar-refractivity contribution is 0.200. The summed E-state index contributed by atoms with van der Waals surface area (Å²) in [6.07, 6.45) is 14.3. The molecule has 6 aromatic rings. The number of hydrogen-bond donors (Lipinski definition) is 0. The molecule has 6 rings (SSSR count). The lowest BCUT2D eigenvalue weighted by atomic mass is 10.1. The zero-order chi connectivity index (χ0) is 39.7. The van der Waals surface area contributed by atoms with E-state index in [1.54, 1.807) is 6.20 Å². The Bertz CT molecular complexity index is 1770. The first-order valence-corrected chi connectivity index (χ1v) is 19.8. The number of aromatic nitrogens is 4. The van der Waals surface area contributed by atoms with Crippen LogP contribution in [-0.2, 0) is 12.8 Å². The largest absolute Gasteiger partial charge is 0.491 e. The maximum absolute atomic E-state index is 5.93. The number of aryl methyl sites for hydroxylation is 4. The molecule has 4 aromatic carbocycles. The average molecular weight is 741 g/mol. The second-order valence-corrected chi connectivity index (χ2v) is 14.3. The summed E-state index contributed by atoms with van der Waals surface area (Å²) in [7, 11) is 0. The minimum absolute atomic E-state index is 0.125. The molecule has 0 saturated heterocycles. The van der Waals surface area contributed by atoms with Crippen molar-refractivity contribution in [2.75, 3.05) is 13.2 Å². The fourth-order valence-corrected chi connectivity index (χ4v) is 5.63. The van der Waals surface area contributed by atoms with E-state index in [1.165, 1.54) is 40.7 Å². The zero-order valence-corrected chi connectivity index (χ0v) is 34.5. The third-order valence-corrected chi connectivity index (χ3v) is 8.67. The van der Waals surface area contributed by atoms with Crippen molar-refractivity contribution in [3.63, 3.8) is 0 Å². The van der Waals surface area contributed by atoms with Crippen molar-refractivity contribution in [1.29, 1.82) is 0 Å². The van der Waals surface area contributed by atoms with E-state index in [1.807, 2.05) is 88.6 Å². The van der Waals surface area contributed by atoms with E-state index in [2.05, 4.69) is 132 Å². The van der Waals surface area contributed by atoms with E-state index in [4.69, 9.17) is 9.47 Å². The maximum Gasteiger partial charge on any atom is 0.119 e. The summed E-state index contributed by atoms with van der Waals surface area (Å²) < 4.78 is 15.8. The van der Waals surface area contributed by atoms with Gasteiger partial charge in [0.05, 0.1) is 6.04 Å². The Kier molecular flexibility index (Phi) is 20.5. The topological polar surface area (TPSA) is 54.1 Å². The third-order valence-electron chi connectivity index (χ3n) is 8.67. The molecule has 0 bridgehead atoms. The fourth-order valence-electron chi connectivity index (χ4n) is 5.63. The summed E-state index contributed by atoms with van der Waals surface area (Å²) in [5.41, 5.74) is 6.63. The van der Waals surface area contributed by atoms with E-state index in [0.717, 1.165) is 24.3 Å². The molecule has 55 heavy (non-hydrogen) atoms. The Balaban J connectivity index is 0.000000219. The van der Waals surface area contributed by atoms with Crippen LogP contribution in [0.1, 0.15) is 88.7 Å². The van der Waals surface area contributed by atoms with E-state index in [9.17, 15) is 0 Å². The van der Waals surface area contributed by atoms with Crippen LogP contribution in [0, 0.1) is 19.8 Å². The predicted octanol–water partition coefficient (Wildman–Crippen LogP) is 12.5. The van der Waals surface area contributed by atoms with Crippen LogP contribution in [0.3, 0.4) is 0 Å². The van der Waals surface area contributed by atoms with Crippen molar-refractivity contribution in [2.24, 2.45) is 5.92 Å². The summed E-state index contributed by atoms with van der Waals surface area (Å²) in [5.74, 6) is 2.33. The molecule has 0 amide bonds. The van der Waals surface area contributed by atoms with Gasteiger partial charge in [-0.3, -0.25) is 9.36 Å². The van der Waals surface area contributed by atoms with Crippen LogP contribution < -0.4 is 9.47 Å². The zero-order valence-electron chi connectivity index (χ0n) is 34.5. The lowest BCUT2D eigenvalue weighted by Crippen LogP contribution is -2.22. The van der Waals surface area contributed by atoms with Crippen LogP contribution in [0.25, 0.3) is 0 Å². The highest BCUT2D eigenvalue weighted by molar-refractivity contribution is 5.28. The third kappa shape index (κ3) is 18.0. The molecular formula is C49H64N4O2. The molecule has 0 spiro atoms. The van der Waals surface area contributed by atoms with Crippen molar-refractivity contribution in [1.82, 2.24) is 19.6 Å². The average Bonchev–Trinajstić information content (AvgIpc) is 3.93. The molecular weight excluding hydrogens is 677 g/mol. The predicted molar refractivity (Wildman–Crippen MR) is 231 cm³/mol. The molecule has 0 radical (unpaired) electrons. The highest BCUT2D eigenvalue weighted by Gasteiger charge is 2.16. The van der Waals surface area contributed by atoms with Gasteiger partial charge in [0, 0.05) is 24.8 Å². The maximum atomic E-state index is 5.93. The number of benzene rings is 4. The molecule has 292 valence electrons. The lowest BCUT2D eigenvalue weighted by Gasteiger charge is -2.21. The van der Waals surface area contributed by atoms with E-state index in [-0.39, 0.29) is 12.1 Å². The van der Waals surface area contributed by atoms with E-state index in [0.29, 0.717) is 19.1 Å². The fraction of sp³-hybridized carbons (Fsp3) is 0.347. The smallest absolute Gasteiger partial charge is 0.119 e. The molecule has 6 heteroatoms. The molecule has 2 aromatic heterocycles. The van der Waals surface area contributed by atoms with Crippen LogP contribution >= 0.6 is 0 Å². The van der Waals surface area contributed by atoms with Gasteiger partial charge in [-0.1, -0.05) is 148 Å². The summed E-state index contributed by atoms with van der Waals surface area (Å²) in [5, 5.41) is 8.64. The molecule has 0 aliphatic heterocycles. The van der Waals surface area contributed by atoms with Gasteiger partial charge in [0.15, 0.2) is 0 Å². The van der Waals surface area contributed by atoms with Crippen molar-refractivity contribution in [3.8, 4) is 11.5 Å². The van der Waals surface area contributed by atoms with Gasteiger partial charge in [0.2, 0.25) is 0 Å². The SMILES string of the molecule is CCCc1ccc(OCC(C(C)C)n2cccn2)cc1.CCCc1ccc(OCC(C=C(C)C)n2cccn2)cc1.Cc1ccccc1.Cc1ccccc1. The number of allylic oxidation sites excluding steroid dienone is 1. The Morgan fingerprint density at radius 3 is 1.36 bits per heavy atom. The minimum Gasteiger partial charge on any atom is -0.491 e. The van der Waals surface area contributed by atoms with Crippen LogP contribution in [0.5, 0.6) is 11.5 Å². The standard InChI is InChI=1S/C18H24N2O.C17H24N2O.2C7H8/c1-4-6-16-7-9-18(10-8-16)21-14-17(13-15(2)3)20-12-5-11-19-20;1-4-6-15-7-9-16(10-8-15)20-13-17(14(2)3)19-12-5-11-18-19;2*1-7-5-3-2-4-6-7/h5,7-13,17H,4,6,14H2,1-3H3;5,7-12,14,17H,4,6,13H2,1-3H3;2*2-6H,1H3. The van der Waals surface area contributed by atoms with Crippen molar-refractivity contribution < 1.29 is 9.47 Å². The molecule has 0 N–H and O–H groups in total. The summed E-state index contributed by atoms with van der Waals surface area (Å²) in [4.78, 5) is 0. The van der Waals surface area contributed by atoms with Gasteiger partial charge in [-0.2, -0.15) is 10.2 Å². The van der Waals surface area contributed by atoms with Crippen LogP contribution in [0.4, 0.5) is 0 Å². The summed E-state index contributed by atoms with van der Waals surface area (Å²) >= 11 is 0. The van der Waals surface area contributed by atoms with Gasteiger partial charge in [-0.25, -0.2) is 0 Å². The van der Waals surface area contributed by atoms with Crippen LogP contribution in [-0.4, -0.2) is 32.8 Å². The van der Waals surface area contributed by atoms with Crippen LogP contribution in [0.2, 0.25) is 0 Å². The molecule has 0 aliphatic carbocycles. The highest BCUT2D eigenvalue weighted by Crippen LogP contribution is 2.21. The second-order valence-electron chi connectivity index (χ2n) is 14.3. The minimum atomic E-state index is 0.125. The van der Waals surface area contributed by atoms with Crippen molar-refractivity contribution >= 4 is 0 Å². The van der Waals surface area contributed by atoms with E-state index >= 15 is 0 Å². The summed E-state index contributed by atoms with van der Waals surface area (Å²) in [6.45, 7) is 18.4. The Hall–Kier alpha value is -5.36. The van der Waals surface area contributed by atoms with Gasteiger partial charge >= 0.3 is 0 Å². The van der Waals surface area contributed by atoms with E-state index < -0.39 is 0 Å². The molecule has 0 fully saturated rings. The Labute approximate surface area is 331 Å². The number of rotatable bonds is 14. The molecule has 2 unspecified atom stereocenters. The molecule has 6 nitrogen and oxygen atoms in total. The van der Waals surface area contributed by atoms with Crippen molar-refractivity contribution in [3.05, 3.63) is 180 Å². The number of nitrogens with zero attached hydrogens (tertiary/aromatic N) is 4. The highest BCUT2D eigenvalue weighted by atomic mass is 16.5. The Morgan fingerprint density at radius 2 is 1.02 bits per heavy atom. The van der Waals surface area contributed by atoms with Crippen molar-refractivity contribution in [2.45, 2.75) is 93.2 Å². The molecule has 0 saturated carbocycles. The first-order chi connectivity index (χ1) is 26.7. The number of hydrogen-bond acceptors (Lipinski definition) is 4.